The molecule has 69 heavy (non-hydrogen) atoms. The van der Waals surface area contributed by atoms with Gasteiger partial charge in [-0.05, 0) is 61.4 Å². The number of H-pyrrole nitrogens is 2. The minimum atomic E-state index is -1.31. The number of nitrogens with zero attached hydrogens (tertiary/aromatic N) is 2. The van der Waals surface area contributed by atoms with Gasteiger partial charge in [0.05, 0.1) is 75.7 Å². The topological polar surface area (TPSA) is 285 Å². The highest BCUT2D eigenvalue weighted by Gasteiger charge is 2.46. The normalized spacial score (nSPS) is 24.4. The molecule has 4 aliphatic rings. The van der Waals surface area contributed by atoms with Crippen molar-refractivity contribution in [1.29, 1.82) is 0 Å². The number of hydrogen-bond acceptors (Lipinski definition) is 12. The van der Waals surface area contributed by atoms with E-state index in [1.165, 1.54) is 6.07 Å². The molecule has 10 aromatic rings. The van der Waals surface area contributed by atoms with Gasteiger partial charge in [-0.25, -0.2) is 0 Å². The molecule has 0 unspecified atom stereocenters. The molecule has 346 valence electrons. The van der Waals surface area contributed by atoms with Crippen LogP contribution in [0.5, 0.6) is 11.5 Å². The van der Waals surface area contributed by atoms with Crippen molar-refractivity contribution in [1.82, 2.24) is 29.7 Å². The van der Waals surface area contributed by atoms with Gasteiger partial charge in [0.25, 0.3) is 23.6 Å². The van der Waals surface area contributed by atoms with Gasteiger partial charge in [-0.15, -0.1) is 0 Å². The Bertz CT molecular complexity index is 3990. The van der Waals surface area contributed by atoms with E-state index >= 15 is 0 Å². The number of ether oxygens (including phenoxy) is 1. The number of nitrogens with one attached hydrogen (secondary N) is 4. The smallest absolute Gasteiger partial charge is 0.259 e. The number of aromatic nitrogens is 4. The highest BCUT2D eigenvalue weighted by Crippen LogP contribution is 2.49. The average molecular weight is 929 g/mol. The summed E-state index contributed by atoms with van der Waals surface area (Å²) in [5.74, 6) is -1.36. The Hall–Kier alpha value is -7.84. The summed E-state index contributed by atoms with van der Waals surface area (Å²) in [5.41, 5.74) is 6.31. The fraction of sp³-hybridized carbons (Fsp3) is 0.216. The van der Waals surface area contributed by atoms with Gasteiger partial charge in [0.1, 0.15) is 35.9 Å². The van der Waals surface area contributed by atoms with Gasteiger partial charge < -0.3 is 59.6 Å². The number of hydrogen-bond donors (Lipinski definition) is 11. The first-order valence-corrected chi connectivity index (χ1v) is 22.4. The number of aliphatic hydroxyl groups is 6. The molecule has 2 aliphatic heterocycles. The number of carbonyl (C=O) groups is 4. The predicted octanol–water partition coefficient (Wildman–Crippen LogP) is 4.39. The van der Waals surface area contributed by atoms with Crippen molar-refractivity contribution in [2.75, 3.05) is 7.11 Å². The molecule has 11 N–H and O–H groups in total. The molecule has 6 heterocycles. The van der Waals surface area contributed by atoms with Crippen LogP contribution in [-0.2, 0) is 0 Å². The Kier molecular flexibility index (Phi) is 8.60. The van der Waals surface area contributed by atoms with Crippen molar-refractivity contribution >= 4 is 111 Å². The first-order chi connectivity index (χ1) is 33.3. The van der Waals surface area contributed by atoms with Gasteiger partial charge in [0.15, 0.2) is 0 Å². The van der Waals surface area contributed by atoms with Crippen LogP contribution in [0.1, 0.15) is 66.4 Å². The molecular formula is C51H40N6O12. The van der Waals surface area contributed by atoms with Crippen LogP contribution in [0.3, 0.4) is 0 Å². The summed E-state index contributed by atoms with van der Waals surface area (Å²) in [7, 11) is 1.56. The first kappa shape index (κ1) is 41.4. The number of fused-ring (bicyclic) bond motifs is 20. The summed E-state index contributed by atoms with van der Waals surface area (Å²) in [6.45, 7) is 0. The largest absolute Gasteiger partial charge is 0.508 e. The lowest BCUT2D eigenvalue weighted by Gasteiger charge is -2.21. The zero-order chi connectivity index (χ0) is 47.6. The fourth-order valence-electron chi connectivity index (χ4n) is 11.9. The summed E-state index contributed by atoms with van der Waals surface area (Å²) >= 11 is 0. The molecule has 0 spiro atoms. The molecule has 0 bridgehead atoms. The van der Waals surface area contributed by atoms with Crippen molar-refractivity contribution in [3.63, 3.8) is 0 Å². The number of phenols is 1. The Morgan fingerprint density at radius 3 is 1.36 bits per heavy atom. The van der Waals surface area contributed by atoms with Crippen LogP contribution < -0.4 is 15.4 Å². The number of benzene rings is 6. The van der Waals surface area contributed by atoms with Gasteiger partial charge in [-0.1, -0.05) is 36.4 Å². The van der Waals surface area contributed by atoms with Gasteiger partial charge in [-0.2, -0.15) is 0 Å². The monoisotopic (exact) mass is 928 g/mol. The van der Waals surface area contributed by atoms with Crippen molar-refractivity contribution in [2.24, 2.45) is 0 Å². The third kappa shape index (κ3) is 5.40. The molecule has 14 rings (SSSR count). The second-order valence-corrected chi connectivity index (χ2v) is 18.4. The minimum absolute atomic E-state index is 0.0185. The molecule has 8 atom stereocenters. The van der Waals surface area contributed by atoms with E-state index in [0.717, 1.165) is 21.8 Å². The molecule has 4 amide bonds. The number of phenolic OH excluding ortho intramolecular Hbond substituents is 1. The number of aliphatic hydroxyl groups excluding tert-OH is 6. The second kappa shape index (κ2) is 14.3. The number of aromatic hydroxyl groups is 1. The lowest BCUT2D eigenvalue weighted by Crippen LogP contribution is -2.31. The number of aromatic amines is 2. The van der Waals surface area contributed by atoms with Crippen LogP contribution in [0.25, 0.3) is 87.2 Å². The Morgan fingerprint density at radius 1 is 0.507 bits per heavy atom. The third-order valence-electron chi connectivity index (χ3n) is 14.9. The van der Waals surface area contributed by atoms with Crippen molar-refractivity contribution < 1.29 is 59.7 Å². The van der Waals surface area contributed by atoms with E-state index in [2.05, 4.69) is 20.6 Å². The van der Waals surface area contributed by atoms with Crippen LogP contribution in [0.4, 0.5) is 0 Å². The maximum atomic E-state index is 13.2. The van der Waals surface area contributed by atoms with Gasteiger partial charge >= 0.3 is 0 Å². The van der Waals surface area contributed by atoms with Crippen LogP contribution in [-0.4, -0.2) is 122 Å². The van der Waals surface area contributed by atoms with Gasteiger partial charge in [0.2, 0.25) is 0 Å². The molecule has 0 radical (unpaired) electrons. The minimum Gasteiger partial charge on any atom is -0.508 e. The summed E-state index contributed by atoms with van der Waals surface area (Å²) < 4.78 is 9.15. The maximum Gasteiger partial charge on any atom is 0.259 e. The maximum absolute atomic E-state index is 13.2. The number of methoxy groups -OCH3 is 1. The number of rotatable bonds is 3. The van der Waals surface area contributed by atoms with E-state index < -0.39 is 72.3 Å². The third-order valence-corrected chi connectivity index (χ3v) is 14.9. The molecule has 2 aliphatic carbocycles. The Labute approximate surface area is 386 Å². The van der Waals surface area contributed by atoms with Crippen LogP contribution >= 0.6 is 0 Å². The Balaban J connectivity index is 0.000000136. The van der Waals surface area contributed by atoms with Gasteiger partial charge in [0, 0.05) is 65.2 Å². The van der Waals surface area contributed by atoms with Crippen LogP contribution in [0, 0.1) is 0 Å². The molecule has 0 saturated heterocycles. The summed E-state index contributed by atoms with van der Waals surface area (Å²) in [5, 5.41) is 83.1. The number of amides is 4. The zero-order valence-corrected chi connectivity index (χ0v) is 36.2. The molecule has 4 aromatic heterocycles. The van der Waals surface area contributed by atoms with E-state index in [-0.39, 0.29) is 35.3 Å². The molecule has 2 saturated carbocycles. The summed E-state index contributed by atoms with van der Waals surface area (Å²) in [6, 6.07) is 23.7. The predicted molar refractivity (Wildman–Crippen MR) is 253 cm³/mol. The highest BCUT2D eigenvalue weighted by atomic mass is 16.5. The molecule has 18 heteroatoms. The lowest BCUT2D eigenvalue weighted by molar-refractivity contribution is -0.0242. The molecule has 6 aromatic carbocycles. The SMILES string of the molecule is COc1ccc2[nH]c3c(c4c(c5c6ccccc6n([C@@H]6C[C@H](O)[C@@H](O)[C@H]6O)c35)C(=O)NC4=O)c2c1.O=C1NC(=O)c2c1c1c3cc(O)ccc3[nH]c1c1c2c2ccccc2n1[C@@H]1C[C@H](O)[C@@H](O)[C@H]1O. The van der Waals surface area contributed by atoms with E-state index in [4.69, 9.17) is 4.74 Å². The summed E-state index contributed by atoms with van der Waals surface area (Å²) in [4.78, 5) is 59.0. The van der Waals surface area contributed by atoms with Crippen LogP contribution in [0.15, 0.2) is 84.9 Å². The fourth-order valence-corrected chi connectivity index (χ4v) is 11.9. The average Bonchev–Trinajstić information content (AvgIpc) is 4.23. The molecule has 2 fully saturated rings. The quantitative estimate of drug-likeness (QED) is 0.110. The second-order valence-electron chi connectivity index (χ2n) is 18.4. The van der Waals surface area contributed by atoms with Crippen molar-refractivity contribution in [2.45, 2.75) is 61.5 Å². The number of carbonyl (C=O) groups excluding carboxylic acids is 4. The van der Waals surface area contributed by atoms with Crippen molar-refractivity contribution in [3.05, 3.63) is 107 Å². The zero-order valence-electron chi connectivity index (χ0n) is 36.2. The number of para-hydroxylation sites is 2. The standard InChI is InChI=1S/C26H21N3O6.C25H19N3O6/c1-35-10-6-7-13-12(8-10)17-19-20(26(34)28-25(19)33)18-11-4-2-3-5-14(11)29(22(18)21(17)27-13)15-9-16(30)24(32)23(15)31;29-9-5-6-12-11(7-9)16-18-19(25(34)27-24(18)33)17-10-3-1-2-4-13(10)28(21(17)20(16)26-12)14-8-15(30)23(32)22(14)31/h2-8,15-16,23-24,27,30-32H,9H2,1H3,(H,28,33,34);1-7,14-15,22-23,26,29-32H,8H2,(H,27,33,34)/t15-,16+,23+,24-;14-,15+,22+,23-/m11/s1. The highest BCUT2D eigenvalue weighted by molar-refractivity contribution is 6.41. The lowest BCUT2D eigenvalue weighted by atomic mass is 9.96. The number of imide groups is 2. The van der Waals surface area contributed by atoms with E-state index in [1.807, 2.05) is 75.9 Å². The van der Waals surface area contributed by atoms with Crippen LogP contribution in [0.2, 0.25) is 0 Å². The van der Waals surface area contributed by atoms with Crippen molar-refractivity contribution in [3.8, 4) is 11.5 Å². The summed E-state index contributed by atoms with van der Waals surface area (Å²) in [6.07, 6.45) is -7.00. The van der Waals surface area contributed by atoms with E-state index in [0.29, 0.717) is 76.7 Å². The first-order valence-electron chi connectivity index (χ1n) is 22.4. The van der Waals surface area contributed by atoms with E-state index in [1.54, 1.807) is 19.2 Å². The molecule has 18 nitrogen and oxygen atoms in total. The Morgan fingerprint density at radius 2 is 0.928 bits per heavy atom. The molecular weight excluding hydrogens is 889 g/mol. The van der Waals surface area contributed by atoms with Gasteiger partial charge in [-0.3, -0.25) is 29.8 Å². The van der Waals surface area contributed by atoms with E-state index in [9.17, 15) is 54.9 Å².